The first-order valence-electron chi connectivity index (χ1n) is 13.4. The highest BCUT2D eigenvalue weighted by atomic mass is 19.3. The first-order valence-corrected chi connectivity index (χ1v) is 13.4. The highest BCUT2D eigenvalue weighted by Crippen LogP contribution is 2.36. The number of aromatic amines is 1. The second-order valence-corrected chi connectivity index (χ2v) is 10.9. The van der Waals surface area contributed by atoms with Gasteiger partial charge in [-0.2, -0.15) is 0 Å². The van der Waals surface area contributed by atoms with Crippen molar-refractivity contribution in [3.8, 4) is 0 Å². The van der Waals surface area contributed by atoms with Crippen LogP contribution in [0.2, 0.25) is 0 Å². The molecule has 1 unspecified atom stereocenters. The van der Waals surface area contributed by atoms with Crippen molar-refractivity contribution in [1.82, 2.24) is 14.8 Å². The Morgan fingerprint density at radius 1 is 1.22 bits per heavy atom. The third kappa shape index (κ3) is 7.41. The second-order valence-electron chi connectivity index (χ2n) is 10.9. The molecule has 1 aromatic carbocycles. The molecule has 202 valence electrons. The fourth-order valence-electron chi connectivity index (χ4n) is 5.13. The number of benzene rings is 1. The van der Waals surface area contributed by atoms with E-state index in [0.29, 0.717) is 23.9 Å². The summed E-state index contributed by atoms with van der Waals surface area (Å²) in [6.07, 6.45) is 4.12. The Balaban J connectivity index is 1.98. The Bertz CT molecular complexity index is 1170. The molecule has 3 rings (SSSR count). The van der Waals surface area contributed by atoms with Gasteiger partial charge in [0.05, 0.1) is 6.54 Å². The molecule has 0 aliphatic carbocycles. The Hall–Kier alpha value is -2.73. The van der Waals surface area contributed by atoms with E-state index in [-0.39, 0.29) is 12.3 Å². The largest absolute Gasteiger partial charge is 0.354 e. The van der Waals surface area contributed by atoms with Crippen molar-refractivity contribution >= 4 is 22.4 Å². The molecular formula is C31H43F2N3O. The van der Waals surface area contributed by atoms with Crippen LogP contribution in [0.4, 0.5) is 8.78 Å². The van der Waals surface area contributed by atoms with Crippen LogP contribution >= 0.6 is 0 Å². The third-order valence-corrected chi connectivity index (χ3v) is 7.52. The first kappa shape index (κ1) is 28.8. The lowest BCUT2D eigenvalue weighted by molar-refractivity contribution is -0.132. The van der Waals surface area contributed by atoms with Crippen LogP contribution in [0.25, 0.3) is 16.5 Å². The summed E-state index contributed by atoms with van der Waals surface area (Å²) in [7, 11) is 3.81. The van der Waals surface area contributed by atoms with E-state index in [4.69, 9.17) is 0 Å². The Morgan fingerprint density at radius 3 is 2.46 bits per heavy atom. The van der Waals surface area contributed by atoms with E-state index in [0.717, 1.165) is 65.7 Å². The maximum Gasteiger partial charge on any atom is 0.242 e. The highest BCUT2D eigenvalue weighted by Gasteiger charge is 2.25. The standard InChI is InChI=1S/C31H43F2N3O/c1-8-21(4)22(5)16-25(15-20(2)3)31-27(18-29(32)33)26-17-24(9-10-28(26)34-31)23-11-13-36(14-12-23)30(37)19-35(6)7/h9-10,15-17,21,23,29,34H,2,8,11-14,18-19H2,1,3-7H3/b22-16-,25-15+. The van der Waals surface area contributed by atoms with Crippen LogP contribution in [0.15, 0.2) is 48.1 Å². The zero-order valence-corrected chi connectivity index (χ0v) is 23.3. The van der Waals surface area contributed by atoms with Crippen LogP contribution in [-0.2, 0) is 11.2 Å². The molecule has 1 atom stereocenters. The summed E-state index contributed by atoms with van der Waals surface area (Å²) < 4.78 is 27.7. The number of piperidine rings is 1. The zero-order chi connectivity index (χ0) is 27.3. The van der Waals surface area contributed by atoms with Gasteiger partial charge in [0.2, 0.25) is 12.3 Å². The van der Waals surface area contributed by atoms with E-state index >= 15 is 0 Å². The normalized spacial score (nSPS) is 16.8. The van der Waals surface area contributed by atoms with Gasteiger partial charge >= 0.3 is 0 Å². The lowest BCUT2D eigenvalue weighted by Crippen LogP contribution is -2.42. The van der Waals surface area contributed by atoms with Crippen LogP contribution in [0.1, 0.15) is 69.7 Å². The van der Waals surface area contributed by atoms with Crippen LogP contribution in [-0.4, -0.2) is 60.8 Å². The van der Waals surface area contributed by atoms with Gasteiger partial charge in [0.15, 0.2) is 0 Å². The number of allylic oxidation sites excluding steroid dienone is 5. The number of likely N-dealkylation sites (N-methyl/N-ethyl adjacent to an activating group) is 1. The van der Waals surface area contributed by atoms with Crippen molar-refractivity contribution in [2.45, 2.75) is 65.7 Å². The van der Waals surface area contributed by atoms with Crippen LogP contribution in [0.5, 0.6) is 0 Å². The molecule has 2 aromatic rings. The zero-order valence-electron chi connectivity index (χ0n) is 23.3. The number of halogens is 2. The lowest BCUT2D eigenvalue weighted by atomic mass is 9.88. The molecule has 0 saturated carbocycles. The highest BCUT2D eigenvalue weighted by molar-refractivity contribution is 5.92. The minimum absolute atomic E-state index is 0.158. The molecule has 1 fully saturated rings. The molecule has 0 bridgehead atoms. The maximum atomic E-state index is 13.8. The van der Waals surface area contributed by atoms with Crippen molar-refractivity contribution in [3.63, 3.8) is 0 Å². The number of carbonyl (C=O) groups excluding carboxylic acids is 1. The molecule has 1 aliphatic heterocycles. The summed E-state index contributed by atoms with van der Waals surface area (Å²) in [5.41, 5.74) is 6.43. The predicted molar refractivity (Wildman–Crippen MR) is 151 cm³/mol. The van der Waals surface area contributed by atoms with Gasteiger partial charge in [-0.25, -0.2) is 8.78 Å². The topological polar surface area (TPSA) is 39.3 Å². The molecule has 1 amide bonds. The number of amides is 1. The number of rotatable bonds is 10. The first-order chi connectivity index (χ1) is 17.5. The second kappa shape index (κ2) is 12.7. The maximum absolute atomic E-state index is 13.8. The Morgan fingerprint density at radius 2 is 1.89 bits per heavy atom. The summed E-state index contributed by atoms with van der Waals surface area (Å²) >= 11 is 0. The van der Waals surface area contributed by atoms with Gasteiger partial charge in [-0.3, -0.25) is 4.79 Å². The number of carbonyl (C=O) groups is 1. The number of fused-ring (bicyclic) bond motifs is 1. The van der Waals surface area contributed by atoms with Crippen LogP contribution < -0.4 is 0 Å². The molecule has 4 nitrogen and oxygen atoms in total. The SMILES string of the molecule is C=C(C)/C=C(\C=C(\C)C(C)CC)c1[nH]c2ccc(C3CCN(C(=O)CN(C)C)CC3)cc2c1CC(F)F. The van der Waals surface area contributed by atoms with Crippen LogP contribution in [0.3, 0.4) is 0 Å². The number of likely N-dealkylation sites (tertiary alicyclic amines) is 1. The van der Waals surface area contributed by atoms with Crippen molar-refractivity contribution in [2.75, 3.05) is 33.7 Å². The molecule has 1 aliphatic rings. The minimum atomic E-state index is -2.45. The van der Waals surface area contributed by atoms with E-state index in [1.165, 1.54) is 5.57 Å². The molecule has 1 aromatic heterocycles. The number of hydrogen-bond donors (Lipinski definition) is 1. The number of hydrogen-bond acceptors (Lipinski definition) is 2. The average molecular weight is 512 g/mol. The van der Waals surface area contributed by atoms with Gasteiger partial charge in [-0.1, -0.05) is 49.8 Å². The Labute approximate surface area is 221 Å². The van der Waals surface area contributed by atoms with Gasteiger partial charge in [-0.15, -0.1) is 0 Å². The van der Waals surface area contributed by atoms with Gasteiger partial charge < -0.3 is 14.8 Å². The summed E-state index contributed by atoms with van der Waals surface area (Å²) in [6, 6.07) is 6.23. The summed E-state index contributed by atoms with van der Waals surface area (Å²) in [6.45, 7) is 14.3. The van der Waals surface area contributed by atoms with E-state index in [1.807, 2.05) is 43.0 Å². The smallest absolute Gasteiger partial charge is 0.242 e. The van der Waals surface area contributed by atoms with E-state index in [9.17, 15) is 13.6 Å². The number of aromatic nitrogens is 1. The van der Waals surface area contributed by atoms with Crippen molar-refractivity contribution in [3.05, 3.63) is 64.9 Å². The molecule has 0 radical (unpaired) electrons. The predicted octanol–water partition coefficient (Wildman–Crippen LogP) is 7.20. The van der Waals surface area contributed by atoms with Crippen molar-refractivity contribution in [2.24, 2.45) is 5.92 Å². The van der Waals surface area contributed by atoms with Gasteiger partial charge in [0.25, 0.3) is 0 Å². The summed E-state index contributed by atoms with van der Waals surface area (Å²) in [5, 5.41) is 0.862. The van der Waals surface area contributed by atoms with Gasteiger partial charge in [0.1, 0.15) is 0 Å². The quantitative estimate of drug-likeness (QED) is 0.343. The molecule has 6 heteroatoms. The Kier molecular flexibility index (Phi) is 9.88. The molecule has 37 heavy (non-hydrogen) atoms. The fourth-order valence-corrected chi connectivity index (χ4v) is 5.13. The van der Waals surface area contributed by atoms with Gasteiger partial charge in [0, 0.05) is 36.1 Å². The molecule has 1 saturated heterocycles. The molecule has 0 spiro atoms. The van der Waals surface area contributed by atoms with E-state index in [1.54, 1.807) is 0 Å². The fraction of sp³-hybridized carbons (Fsp3) is 0.516. The number of nitrogens with one attached hydrogen (secondary N) is 1. The van der Waals surface area contributed by atoms with Crippen molar-refractivity contribution < 1.29 is 13.6 Å². The monoisotopic (exact) mass is 511 g/mol. The number of H-pyrrole nitrogens is 1. The molecule has 1 N–H and O–H groups in total. The van der Waals surface area contributed by atoms with E-state index < -0.39 is 6.43 Å². The minimum Gasteiger partial charge on any atom is -0.354 e. The molecule has 2 heterocycles. The van der Waals surface area contributed by atoms with Crippen LogP contribution in [0, 0.1) is 5.92 Å². The van der Waals surface area contributed by atoms with E-state index in [2.05, 4.69) is 50.5 Å². The number of nitrogens with zero attached hydrogens (tertiary/aromatic N) is 2. The molecular weight excluding hydrogens is 468 g/mol. The van der Waals surface area contributed by atoms with Gasteiger partial charge in [-0.05, 0) is 87.9 Å². The van der Waals surface area contributed by atoms with Crippen molar-refractivity contribution in [1.29, 1.82) is 0 Å². The average Bonchev–Trinajstić information content (AvgIpc) is 3.19. The summed E-state index contributed by atoms with van der Waals surface area (Å²) in [4.78, 5) is 19.7. The number of alkyl halides is 2. The summed E-state index contributed by atoms with van der Waals surface area (Å²) in [5.74, 6) is 0.869. The lowest BCUT2D eigenvalue weighted by Gasteiger charge is -2.33. The third-order valence-electron chi connectivity index (χ3n) is 7.52.